The summed E-state index contributed by atoms with van der Waals surface area (Å²) in [5.41, 5.74) is 2.48. The predicted octanol–water partition coefficient (Wildman–Crippen LogP) is 5.55. The average Bonchev–Trinajstić information content (AvgIpc) is 2.98. The van der Waals surface area contributed by atoms with E-state index in [1.54, 1.807) is 35.6 Å². The fourth-order valence-corrected chi connectivity index (χ4v) is 5.12. The Morgan fingerprint density at radius 2 is 1.86 bits per heavy atom. The second-order valence-corrected chi connectivity index (χ2v) is 9.88. The average molecular weight is 419 g/mol. The fourth-order valence-electron chi connectivity index (χ4n) is 3.68. The molecule has 1 aliphatic rings. The maximum atomic E-state index is 12.8. The van der Waals surface area contributed by atoms with Gasteiger partial charge in [0.2, 0.25) is 0 Å². The highest BCUT2D eigenvalue weighted by molar-refractivity contribution is 7.17. The first kappa shape index (κ1) is 20.9. The molecule has 1 aromatic heterocycles. The van der Waals surface area contributed by atoms with Crippen LogP contribution in [0.5, 0.6) is 0 Å². The molecule has 0 radical (unpaired) electrons. The number of hydrogen-bond donors (Lipinski definition) is 2. The first-order valence-corrected chi connectivity index (χ1v) is 10.9. The molecule has 0 spiro atoms. The number of rotatable bonds is 4. The van der Waals surface area contributed by atoms with Crippen LogP contribution in [0.4, 0.5) is 5.00 Å². The van der Waals surface area contributed by atoms with Crippen molar-refractivity contribution >= 4 is 39.8 Å². The van der Waals surface area contributed by atoms with E-state index in [2.05, 4.69) is 31.4 Å². The van der Waals surface area contributed by atoms with E-state index < -0.39 is 0 Å². The lowest BCUT2D eigenvalue weighted by molar-refractivity contribution is 0.0955. The van der Waals surface area contributed by atoms with Crippen molar-refractivity contribution in [2.45, 2.75) is 47.0 Å². The molecule has 150 valence electrons. The van der Waals surface area contributed by atoms with E-state index in [1.807, 2.05) is 6.92 Å². The number of benzene rings is 1. The lowest BCUT2D eigenvalue weighted by Crippen LogP contribution is -2.28. The SMILES string of the molecule is CCNC(=O)c1c(NC(=O)c2ccc(Cl)cc2)sc2c1CC[C@H](C(C)(C)C)C2. The Labute approximate surface area is 175 Å². The minimum Gasteiger partial charge on any atom is -0.352 e. The molecular formula is C22H27ClN2O2S. The van der Waals surface area contributed by atoms with Crippen molar-refractivity contribution in [1.29, 1.82) is 0 Å². The number of amides is 2. The number of carbonyl (C=O) groups excluding carboxylic acids is 2. The van der Waals surface area contributed by atoms with Gasteiger partial charge in [0.05, 0.1) is 5.56 Å². The normalized spacial score (nSPS) is 16.4. The highest BCUT2D eigenvalue weighted by Crippen LogP contribution is 2.44. The number of nitrogens with one attached hydrogen (secondary N) is 2. The molecule has 1 aromatic carbocycles. The molecule has 2 aromatic rings. The van der Waals surface area contributed by atoms with Crippen molar-refractivity contribution < 1.29 is 9.59 Å². The van der Waals surface area contributed by atoms with Crippen LogP contribution in [0, 0.1) is 11.3 Å². The number of fused-ring (bicyclic) bond motifs is 1. The van der Waals surface area contributed by atoms with Crippen LogP contribution in [0.2, 0.25) is 5.02 Å². The summed E-state index contributed by atoms with van der Waals surface area (Å²) in [5.74, 6) is 0.231. The van der Waals surface area contributed by atoms with E-state index in [-0.39, 0.29) is 17.2 Å². The Morgan fingerprint density at radius 1 is 1.18 bits per heavy atom. The number of anilines is 1. The Morgan fingerprint density at radius 3 is 2.46 bits per heavy atom. The van der Waals surface area contributed by atoms with Gasteiger partial charge in [0.25, 0.3) is 11.8 Å². The van der Waals surface area contributed by atoms with Gasteiger partial charge in [0.1, 0.15) is 5.00 Å². The van der Waals surface area contributed by atoms with Crippen LogP contribution in [0.15, 0.2) is 24.3 Å². The van der Waals surface area contributed by atoms with Crippen LogP contribution in [0.3, 0.4) is 0 Å². The van der Waals surface area contributed by atoms with Crippen LogP contribution in [0.25, 0.3) is 0 Å². The molecule has 6 heteroatoms. The predicted molar refractivity (Wildman–Crippen MR) is 117 cm³/mol. The summed E-state index contributed by atoms with van der Waals surface area (Å²) in [6, 6.07) is 6.75. The monoisotopic (exact) mass is 418 g/mol. The minimum absolute atomic E-state index is 0.111. The van der Waals surface area contributed by atoms with Crippen molar-refractivity contribution in [2.24, 2.45) is 11.3 Å². The summed E-state index contributed by atoms with van der Waals surface area (Å²) in [7, 11) is 0. The van der Waals surface area contributed by atoms with Gasteiger partial charge in [-0.15, -0.1) is 11.3 Å². The van der Waals surface area contributed by atoms with Crippen molar-refractivity contribution in [2.75, 3.05) is 11.9 Å². The van der Waals surface area contributed by atoms with Gasteiger partial charge in [-0.05, 0) is 67.3 Å². The third-order valence-corrected chi connectivity index (χ3v) is 6.81. The van der Waals surface area contributed by atoms with Gasteiger partial charge in [0, 0.05) is 22.0 Å². The Hall–Kier alpha value is -1.85. The molecule has 28 heavy (non-hydrogen) atoms. The van der Waals surface area contributed by atoms with Crippen molar-refractivity contribution in [3.8, 4) is 0 Å². The smallest absolute Gasteiger partial charge is 0.256 e. The van der Waals surface area contributed by atoms with E-state index in [4.69, 9.17) is 11.6 Å². The molecular weight excluding hydrogens is 392 g/mol. The molecule has 0 bridgehead atoms. The zero-order valence-electron chi connectivity index (χ0n) is 16.8. The molecule has 0 unspecified atom stereocenters. The molecule has 4 nitrogen and oxygen atoms in total. The van der Waals surface area contributed by atoms with E-state index in [1.165, 1.54) is 4.88 Å². The summed E-state index contributed by atoms with van der Waals surface area (Å²) >= 11 is 7.46. The van der Waals surface area contributed by atoms with Crippen LogP contribution >= 0.6 is 22.9 Å². The molecule has 2 amide bonds. The molecule has 3 rings (SSSR count). The molecule has 2 N–H and O–H groups in total. The summed E-state index contributed by atoms with van der Waals surface area (Å²) in [5, 5.41) is 7.10. The van der Waals surface area contributed by atoms with Gasteiger partial charge in [0.15, 0.2) is 0 Å². The van der Waals surface area contributed by atoms with Gasteiger partial charge < -0.3 is 10.6 Å². The first-order valence-electron chi connectivity index (χ1n) is 9.70. The van der Waals surface area contributed by atoms with Crippen LogP contribution in [0.1, 0.15) is 65.3 Å². The van der Waals surface area contributed by atoms with Crippen LogP contribution < -0.4 is 10.6 Å². The zero-order valence-corrected chi connectivity index (χ0v) is 18.4. The molecule has 0 saturated carbocycles. The van der Waals surface area contributed by atoms with E-state index >= 15 is 0 Å². The van der Waals surface area contributed by atoms with Crippen molar-refractivity contribution in [3.05, 3.63) is 50.9 Å². The van der Waals surface area contributed by atoms with Crippen LogP contribution in [-0.4, -0.2) is 18.4 Å². The fraction of sp³-hybridized carbons (Fsp3) is 0.455. The lowest BCUT2D eigenvalue weighted by atomic mass is 9.72. The quantitative estimate of drug-likeness (QED) is 0.683. The topological polar surface area (TPSA) is 58.2 Å². The molecule has 1 aliphatic carbocycles. The Balaban J connectivity index is 1.93. The van der Waals surface area contributed by atoms with Crippen molar-refractivity contribution in [3.63, 3.8) is 0 Å². The standard InChI is InChI=1S/C22H27ClN2O2S/c1-5-24-20(27)18-16-11-8-14(22(2,3)4)12-17(16)28-21(18)25-19(26)13-6-9-15(23)10-7-13/h6-7,9-10,14H,5,8,11-12H2,1-4H3,(H,24,27)(H,25,26)/t14-/m0/s1. The Kier molecular flexibility index (Phi) is 6.15. The maximum absolute atomic E-state index is 12.8. The molecule has 0 saturated heterocycles. The summed E-state index contributed by atoms with van der Waals surface area (Å²) in [6.45, 7) is 9.26. The van der Waals surface area contributed by atoms with E-state index in [9.17, 15) is 9.59 Å². The molecule has 0 aliphatic heterocycles. The van der Waals surface area contributed by atoms with E-state index in [0.29, 0.717) is 33.6 Å². The molecule has 1 atom stereocenters. The highest BCUT2D eigenvalue weighted by atomic mass is 35.5. The van der Waals surface area contributed by atoms with Crippen molar-refractivity contribution in [1.82, 2.24) is 5.32 Å². The number of hydrogen-bond acceptors (Lipinski definition) is 3. The zero-order chi connectivity index (χ0) is 20.5. The largest absolute Gasteiger partial charge is 0.352 e. The summed E-state index contributed by atoms with van der Waals surface area (Å²) < 4.78 is 0. The number of halogens is 1. The summed E-state index contributed by atoms with van der Waals surface area (Å²) in [6.07, 6.45) is 2.88. The molecule has 0 fully saturated rings. The number of thiophene rings is 1. The van der Waals surface area contributed by atoms with Crippen LogP contribution in [-0.2, 0) is 12.8 Å². The van der Waals surface area contributed by atoms with Gasteiger partial charge >= 0.3 is 0 Å². The third kappa shape index (κ3) is 4.41. The van der Waals surface area contributed by atoms with Gasteiger partial charge in [-0.25, -0.2) is 0 Å². The lowest BCUT2D eigenvalue weighted by Gasteiger charge is -2.33. The van der Waals surface area contributed by atoms with Gasteiger partial charge in [-0.1, -0.05) is 32.4 Å². The second-order valence-electron chi connectivity index (χ2n) is 8.33. The number of carbonyl (C=O) groups is 2. The maximum Gasteiger partial charge on any atom is 0.256 e. The Bertz CT molecular complexity index is 881. The second kappa shape index (κ2) is 8.26. The molecule has 1 heterocycles. The third-order valence-electron chi connectivity index (χ3n) is 5.39. The first-order chi connectivity index (χ1) is 13.2. The van der Waals surface area contributed by atoms with E-state index in [0.717, 1.165) is 24.8 Å². The highest BCUT2D eigenvalue weighted by Gasteiger charge is 2.34. The summed E-state index contributed by atoms with van der Waals surface area (Å²) in [4.78, 5) is 26.7. The minimum atomic E-state index is -0.229. The van der Waals surface area contributed by atoms with Gasteiger partial charge in [-0.2, -0.15) is 0 Å². The van der Waals surface area contributed by atoms with Gasteiger partial charge in [-0.3, -0.25) is 9.59 Å².